The number of carbonyl (C=O) groups is 2. The van der Waals surface area contributed by atoms with Crippen LogP contribution in [-0.4, -0.2) is 65.0 Å². The van der Waals surface area contributed by atoms with Crippen LogP contribution in [0.15, 0.2) is 60.7 Å². The third-order valence-corrected chi connectivity index (χ3v) is 7.57. The van der Waals surface area contributed by atoms with E-state index >= 15 is 0 Å². The van der Waals surface area contributed by atoms with Crippen LogP contribution in [0.2, 0.25) is 0 Å². The Kier molecular flexibility index (Phi) is 10.5. The van der Waals surface area contributed by atoms with Gasteiger partial charge >= 0.3 is 11.9 Å². The van der Waals surface area contributed by atoms with Gasteiger partial charge in [0.25, 0.3) is 0 Å². The molecule has 1 saturated carbocycles. The molecule has 2 fully saturated rings. The lowest BCUT2D eigenvalue weighted by Crippen LogP contribution is -2.45. The van der Waals surface area contributed by atoms with Crippen LogP contribution >= 0.6 is 0 Å². The van der Waals surface area contributed by atoms with Gasteiger partial charge in [0.2, 0.25) is 0 Å². The van der Waals surface area contributed by atoms with Crippen molar-refractivity contribution in [2.75, 3.05) is 19.7 Å². The molecule has 204 valence electrons. The molecule has 0 amide bonds. The average Bonchev–Trinajstić information content (AvgIpc) is 3.12. The molecule has 1 saturated heterocycles. The summed E-state index contributed by atoms with van der Waals surface area (Å²) in [6.07, 6.45) is 11.4. The first-order valence-electron chi connectivity index (χ1n) is 13.8. The van der Waals surface area contributed by atoms with E-state index in [0.717, 1.165) is 37.1 Å². The van der Waals surface area contributed by atoms with Crippen molar-refractivity contribution in [2.24, 2.45) is 0 Å². The van der Waals surface area contributed by atoms with Crippen molar-refractivity contribution >= 4 is 11.9 Å². The minimum absolute atomic E-state index is 0.0110. The molecule has 2 aromatic carbocycles. The van der Waals surface area contributed by atoms with Gasteiger partial charge in [-0.25, -0.2) is 4.79 Å². The van der Waals surface area contributed by atoms with Gasteiger partial charge in [-0.2, -0.15) is 0 Å². The topological polar surface area (TPSA) is 96.3 Å². The van der Waals surface area contributed by atoms with Crippen molar-refractivity contribution in [1.29, 1.82) is 0 Å². The van der Waals surface area contributed by atoms with Crippen molar-refractivity contribution in [3.63, 3.8) is 0 Å². The number of hydrogen-bond acceptors (Lipinski definition) is 5. The molecule has 0 bridgehead atoms. The zero-order chi connectivity index (χ0) is 26.7. The van der Waals surface area contributed by atoms with Crippen LogP contribution in [0.5, 0.6) is 0 Å². The fourth-order valence-corrected chi connectivity index (χ4v) is 5.59. The molecule has 0 aromatic heterocycles. The molecule has 4 rings (SSSR count). The van der Waals surface area contributed by atoms with Crippen molar-refractivity contribution in [3.8, 4) is 11.1 Å². The second-order valence-corrected chi connectivity index (χ2v) is 10.2. The van der Waals surface area contributed by atoms with Gasteiger partial charge in [0, 0.05) is 12.5 Å². The molecule has 38 heavy (non-hydrogen) atoms. The molecule has 2 N–H and O–H groups in total. The largest absolute Gasteiger partial charge is 0.481 e. The number of allylic oxidation sites excluding steroid dienone is 1. The number of benzene rings is 2. The number of aliphatic carboxylic acids is 1. The van der Waals surface area contributed by atoms with E-state index in [9.17, 15) is 14.7 Å². The lowest BCUT2D eigenvalue weighted by atomic mass is 9.99. The zero-order valence-electron chi connectivity index (χ0n) is 22.0. The average molecular weight is 522 g/mol. The molecule has 2 aliphatic rings. The Balaban J connectivity index is 1.38. The maximum atomic E-state index is 11.6. The number of carboxylic acid groups (broad SMARTS) is 2. The molecule has 1 aliphatic carbocycles. The second-order valence-electron chi connectivity index (χ2n) is 10.2. The van der Waals surface area contributed by atoms with Crippen LogP contribution in [0.3, 0.4) is 0 Å². The van der Waals surface area contributed by atoms with Crippen LogP contribution in [-0.2, 0) is 20.9 Å². The molecular formula is C31H39NO6. The number of hydrogen-bond donors (Lipinski definition) is 2. The van der Waals surface area contributed by atoms with Crippen LogP contribution < -0.4 is 0 Å². The van der Waals surface area contributed by atoms with E-state index in [1.54, 1.807) is 12.1 Å². The quantitative estimate of drug-likeness (QED) is 0.342. The highest BCUT2D eigenvalue weighted by molar-refractivity contribution is 5.95. The van der Waals surface area contributed by atoms with Gasteiger partial charge in [0.05, 0.1) is 31.0 Å². The maximum Gasteiger partial charge on any atom is 0.336 e. The van der Waals surface area contributed by atoms with Gasteiger partial charge in [-0.05, 0) is 68.0 Å². The molecule has 1 aliphatic heterocycles. The van der Waals surface area contributed by atoms with Crippen molar-refractivity contribution < 1.29 is 29.3 Å². The molecule has 7 nitrogen and oxygen atoms in total. The molecule has 1 heterocycles. The summed E-state index contributed by atoms with van der Waals surface area (Å²) in [5.74, 6) is -1.73. The number of aromatic carboxylic acids is 1. The van der Waals surface area contributed by atoms with Gasteiger partial charge in [0.1, 0.15) is 0 Å². The highest BCUT2D eigenvalue weighted by Crippen LogP contribution is 2.32. The van der Waals surface area contributed by atoms with Crippen molar-refractivity contribution in [3.05, 3.63) is 71.8 Å². The minimum Gasteiger partial charge on any atom is -0.481 e. The van der Waals surface area contributed by atoms with Gasteiger partial charge in [0.15, 0.2) is 0 Å². The van der Waals surface area contributed by atoms with Gasteiger partial charge < -0.3 is 19.7 Å². The molecule has 7 heteroatoms. The van der Waals surface area contributed by atoms with Crippen LogP contribution in [0.1, 0.15) is 67.3 Å². The molecular weight excluding hydrogens is 482 g/mol. The number of nitrogens with zero attached hydrogens (tertiary/aromatic N) is 1. The lowest BCUT2D eigenvalue weighted by molar-refractivity contribution is -0.136. The minimum atomic E-state index is -0.934. The smallest absolute Gasteiger partial charge is 0.336 e. The molecule has 0 spiro atoms. The Morgan fingerprint density at radius 2 is 1.63 bits per heavy atom. The molecule has 0 radical (unpaired) electrons. The first-order valence-corrected chi connectivity index (χ1v) is 13.8. The standard InChI is InChI=1S/C31H39NO6/c33-29(34)12-4-3-9-21-37-30-27(32-19-7-1-2-8-20-32)17-18-28(30)38-22-23-13-15-24(16-14-23)25-10-5-6-11-26(25)31(35)36/h3,5-6,9-11,13-16,27-28,30H,1-2,4,7-8,12,17-22H2,(H,33,34)(H,35,36)/t27-,28+,30+/m1/s1. The second kappa shape index (κ2) is 14.2. The fourth-order valence-electron chi connectivity index (χ4n) is 5.59. The third kappa shape index (κ3) is 7.76. The maximum absolute atomic E-state index is 11.6. The highest BCUT2D eigenvalue weighted by Gasteiger charge is 2.40. The van der Waals surface area contributed by atoms with Crippen molar-refractivity contribution in [2.45, 2.75) is 76.2 Å². The highest BCUT2D eigenvalue weighted by atomic mass is 16.5. The third-order valence-electron chi connectivity index (χ3n) is 7.57. The molecule has 0 unspecified atom stereocenters. The summed E-state index contributed by atoms with van der Waals surface area (Å²) in [6.45, 7) is 3.12. The summed E-state index contributed by atoms with van der Waals surface area (Å²) in [5.41, 5.74) is 2.89. The first kappa shape index (κ1) is 28.0. The number of ether oxygens (including phenoxy) is 2. The Bertz CT molecular complexity index is 1070. The van der Waals surface area contributed by atoms with Gasteiger partial charge in [-0.15, -0.1) is 0 Å². The van der Waals surface area contributed by atoms with Crippen molar-refractivity contribution in [1.82, 2.24) is 4.90 Å². The summed E-state index contributed by atoms with van der Waals surface area (Å²) >= 11 is 0. The SMILES string of the molecule is O=C(O)CCC=CCO[C@@H]1[C@@H](OCc2ccc(-c3ccccc3C(=O)O)cc2)CC[C@H]1N1CCCCCC1. The summed E-state index contributed by atoms with van der Waals surface area (Å²) in [4.78, 5) is 24.9. The van der Waals surface area contributed by atoms with Crippen LogP contribution in [0.4, 0.5) is 0 Å². The number of rotatable bonds is 12. The normalized spacial score (nSPS) is 22.5. The summed E-state index contributed by atoms with van der Waals surface area (Å²) < 4.78 is 12.8. The van der Waals surface area contributed by atoms with Gasteiger partial charge in [-0.1, -0.05) is 67.5 Å². The Morgan fingerprint density at radius 3 is 2.34 bits per heavy atom. The Morgan fingerprint density at radius 1 is 0.895 bits per heavy atom. The summed E-state index contributed by atoms with van der Waals surface area (Å²) in [5, 5.41) is 18.3. The summed E-state index contributed by atoms with van der Waals surface area (Å²) in [6, 6.07) is 15.3. The monoisotopic (exact) mass is 521 g/mol. The summed E-state index contributed by atoms with van der Waals surface area (Å²) in [7, 11) is 0. The Labute approximate surface area is 225 Å². The predicted octanol–water partition coefficient (Wildman–Crippen LogP) is 5.78. The van der Waals surface area contributed by atoms with E-state index in [1.807, 2.05) is 48.6 Å². The number of likely N-dealkylation sites (tertiary alicyclic amines) is 1. The predicted molar refractivity (Wildman–Crippen MR) is 146 cm³/mol. The van der Waals surface area contributed by atoms with E-state index in [-0.39, 0.29) is 18.6 Å². The first-order chi connectivity index (χ1) is 18.5. The van der Waals surface area contributed by atoms with Crippen LogP contribution in [0.25, 0.3) is 11.1 Å². The van der Waals surface area contributed by atoms with E-state index in [0.29, 0.717) is 36.8 Å². The fraction of sp³-hybridized carbons (Fsp3) is 0.484. The molecule has 3 atom stereocenters. The van der Waals surface area contributed by atoms with E-state index < -0.39 is 11.9 Å². The zero-order valence-corrected chi connectivity index (χ0v) is 22.0. The van der Waals surface area contributed by atoms with Gasteiger partial charge in [-0.3, -0.25) is 9.69 Å². The van der Waals surface area contributed by atoms with E-state index in [2.05, 4.69) is 4.90 Å². The van der Waals surface area contributed by atoms with E-state index in [4.69, 9.17) is 14.6 Å². The molecule has 2 aromatic rings. The Hall–Kier alpha value is -3.00. The van der Waals surface area contributed by atoms with E-state index in [1.165, 1.54) is 25.7 Å². The van der Waals surface area contributed by atoms with Crippen LogP contribution in [0, 0.1) is 0 Å². The number of carboxylic acids is 2. The lowest BCUT2D eigenvalue weighted by Gasteiger charge is -2.33.